The van der Waals surface area contributed by atoms with Crippen molar-refractivity contribution in [3.63, 3.8) is 0 Å². The van der Waals surface area contributed by atoms with Crippen LogP contribution in [0.2, 0.25) is 0 Å². The fraction of sp³-hybridized carbons (Fsp3) is 0.312. The van der Waals surface area contributed by atoms with Crippen LogP contribution in [0.3, 0.4) is 0 Å². The van der Waals surface area contributed by atoms with E-state index in [-0.39, 0.29) is 5.56 Å². The van der Waals surface area contributed by atoms with Crippen molar-refractivity contribution in [2.45, 2.75) is 31.7 Å². The predicted molar refractivity (Wildman–Crippen MR) is 75.5 cm³/mol. The van der Waals surface area contributed by atoms with E-state index in [0.29, 0.717) is 11.6 Å². The highest BCUT2D eigenvalue weighted by Crippen LogP contribution is 2.27. The minimum Gasteiger partial charge on any atom is -0.367 e. The molecular weight excluding hydrogens is 258 g/mol. The van der Waals surface area contributed by atoms with Crippen molar-refractivity contribution in [2.75, 3.05) is 5.32 Å². The van der Waals surface area contributed by atoms with Gasteiger partial charge in [-0.2, -0.15) is 0 Å². The average Bonchev–Trinajstić information content (AvgIpc) is 2.93. The summed E-state index contributed by atoms with van der Waals surface area (Å²) in [7, 11) is 0. The minimum absolute atomic E-state index is 0.0209. The van der Waals surface area contributed by atoms with Crippen LogP contribution >= 0.6 is 0 Å². The van der Waals surface area contributed by atoms with Crippen LogP contribution in [0.25, 0.3) is 11.1 Å². The molecule has 0 bridgehead atoms. The maximum Gasteiger partial charge on any atom is 0.134 e. The maximum absolute atomic E-state index is 13.7. The molecule has 1 aliphatic rings. The third-order valence-corrected chi connectivity index (χ3v) is 3.72. The first-order valence-corrected chi connectivity index (χ1v) is 6.91. The van der Waals surface area contributed by atoms with Gasteiger partial charge in [-0.25, -0.2) is 13.8 Å². The second-order valence-corrected chi connectivity index (χ2v) is 5.15. The molecule has 3 rings (SSSR count). The summed E-state index contributed by atoms with van der Waals surface area (Å²) in [4.78, 5) is 4.26. The van der Waals surface area contributed by atoms with Crippen LogP contribution in [0.15, 0.2) is 36.5 Å². The van der Waals surface area contributed by atoms with Gasteiger partial charge in [0.05, 0.1) is 5.56 Å². The van der Waals surface area contributed by atoms with E-state index < -0.39 is 11.6 Å². The highest BCUT2D eigenvalue weighted by atomic mass is 19.1. The molecule has 0 amide bonds. The zero-order chi connectivity index (χ0) is 13.9. The largest absolute Gasteiger partial charge is 0.367 e. The van der Waals surface area contributed by atoms with E-state index in [4.69, 9.17) is 0 Å². The third-order valence-electron chi connectivity index (χ3n) is 3.72. The fourth-order valence-corrected chi connectivity index (χ4v) is 2.68. The average molecular weight is 274 g/mol. The van der Waals surface area contributed by atoms with E-state index >= 15 is 0 Å². The number of aromatic nitrogens is 1. The number of nitrogens with zero attached hydrogens (tertiary/aromatic N) is 1. The lowest BCUT2D eigenvalue weighted by Gasteiger charge is -2.13. The molecule has 1 heterocycles. The summed E-state index contributed by atoms with van der Waals surface area (Å²) in [6, 6.07) is 7.81. The second kappa shape index (κ2) is 5.57. The van der Waals surface area contributed by atoms with Crippen LogP contribution in [0.1, 0.15) is 25.7 Å². The first-order valence-electron chi connectivity index (χ1n) is 6.91. The number of benzene rings is 1. The van der Waals surface area contributed by atoms with Gasteiger partial charge in [0.2, 0.25) is 0 Å². The molecule has 0 unspecified atom stereocenters. The molecule has 1 aromatic carbocycles. The first-order chi connectivity index (χ1) is 9.74. The van der Waals surface area contributed by atoms with Crippen LogP contribution in [0.5, 0.6) is 0 Å². The summed E-state index contributed by atoms with van der Waals surface area (Å²) in [5.74, 6) is -0.371. The Morgan fingerprint density at radius 1 is 1.00 bits per heavy atom. The molecule has 2 nitrogen and oxygen atoms in total. The molecule has 4 heteroatoms. The van der Waals surface area contributed by atoms with Crippen molar-refractivity contribution in [2.24, 2.45) is 0 Å². The van der Waals surface area contributed by atoms with Gasteiger partial charge < -0.3 is 5.32 Å². The Morgan fingerprint density at radius 3 is 2.30 bits per heavy atom. The normalized spacial score (nSPS) is 15.5. The van der Waals surface area contributed by atoms with Gasteiger partial charge in [-0.15, -0.1) is 0 Å². The lowest BCUT2D eigenvalue weighted by molar-refractivity contribution is 0.589. The quantitative estimate of drug-likeness (QED) is 0.898. The summed E-state index contributed by atoms with van der Waals surface area (Å²) in [5, 5.41) is 3.35. The number of hydrogen-bond donors (Lipinski definition) is 1. The van der Waals surface area contributed by atoms with Crippen molar-refractivity contribution in [3.05, 3.63) is 48.2 Å². The highest BCUT2D eigenvalue weighted by Gasteiger charge is 2.15. The topological polar surface area (TPSA) is 24.9 Å². The van der Waals surface area contributed by atoms with Gasteiger partial charge in [-0.1, -0.05) is 18.9 Å². The Bertz CT molecular complexity index is 570. The first kappa shape index (κ1) is 13.0. The molecule has 1 aromatic heterocycles. The Kier molecular flexibility index (Phi) is 3.63. The molecule has 20 heavy (non-hydrogen) atoms. The monoisotopic (exact) mass is 274 g/mol. The van der Waals surface area contributed by atoms with E-state index in [1.807, 2.05) is 0 Å². The molecule has 0 atom stereocenters. The van der Waals surface area contributed by atoms with Gasteiger partial charge in [0, 0.05) is 17.8 Å². The molecule has 0 saturated heterocycles. The number of rotatable bonds is 3. The standard InChI is InChI=1S/C16H16F2N2/c17-13-6-3-7-14(18)16(13)11-8-9-15(19-10-11)20-12-4-1-2-5-12/h3,6-10,12H,1-2,4-5H2,(H,19,20). The summed E-state index contributed by atoms with van der Waals surface area (Å²) < 4.78 is 27.4. The number of anilines is 1. The molecular formula is C16H16F2N2. The van der Waals surface area contributed by atoms with Crippen molar-refractivity contribution in [1.29, 1.82) is 0 Å². The van der Waals surface area contributed by atoms with Crippen molar-refractivity contribution >= 4 is 5.82 Å². The molecule has 1 aliphatic carbocycles. The van der Waals surface area contributed by atoms with Gasteiger partial charge in [-0.05, 0) is 37.1 Å². The summed E-state index contributed by atoms with van der Waals surface area (Å²) in [5.41, 5.74) is 0.435. The van der Waals surface area contributed by atoms with Gasteiger partial charge in [0.1, 0.15) is 17.5 Å². The lowest BCUT2D eigenvalue weighted by Crippen LogP contribution is -2.15. The smallest absolute Gasteiger partial charge is 0.134 e. The SMILES string of the molecule is Fc1cccc(F)c1-c1ccc(NC2CCCC2)nc1. The van der Waals surface area contributed by atoms with E-state index in [1.165, 1.54) is 37.2 Å². The third kappa shape index (κ3) is 2.64. The molecule has 0 radical (unpaired) electrons. The Morgan fingerprint density at radius 2 is 1.70 bits per heavy atom. The number of nitrogens with one attached hydrogen (secondary N) is 1. The fourth-order valence-electron chi connectivity index (χ4n) is 2.68. The Hall–Kier alpha value is -1.97. The lowest BCUT2D eigenvalue weighted by atomic mass is 10.1. The van der Waals surface area contributed by atoms with E-state index in [0.717, 1.165) is 18.7 Å². The summed E-state index contributed by atoms with van der Waals surface area (Å²) in [6.07, 6.45) is 6.32. The summed E-state index contributed by atoms with van der Waals surface area (Å²) >= 11 is 0. The Labute approximate surface area is 116 Å². The van der Waals surface area contributed by atoms with Crippen molar-refractivity contribution in [3.8, 4) is 11.1 Å². The van der Waals surface area contributed by atoms with Crippen LogP contribution in [0.4, 0.5) is 14.6 Å². The molecule has 1 fully saturated rings. The molecule has 0 aliphatic heterocycles. The molecule has 1 saturated carbocycles. The molecule has 0 spiro atoms. The van der Waals surface area contributed by atoms with Gasteiger partial charge in [0.15, 0.2) is 0 Å². The van der Waals surface area contributed by atoms with Gasteiger partial charge in [-0.3, -0.25) is 0 Å². The molecule has 2 aromatic rings. The molecule has 1 N–H and O–H groups in total. The van der Waals surface area contributed by atoms with Crippen LogP contribution in [-0.2, 0) is 0 Å². The van der Waals surface area contributed by atoms with Crippen LogP contribution in [0, 0.1) is 11.6 Å². The zero-order valence-electron chi connectivity index (χ0n) is 11.1. The predicted octanol–water partition coefficient (Wildman–Crippen LogP) is 4.38. The van der Waals surface area contributed by atoms with Crippen molar-refractivity contribution in [1.82, 2.24) is 4.98 Å². The number of halogens is 2. The van der Waals surface area contributed by atoms with E-state index in [2.05, 4.69) is 10.3 Å². The van der Waals surface area contributed by atoms with Crippen LogP contribution < -0.4 is 5.32 Å². The van der Waals surface area contributed by atoms with E-state index in [9.17, 15) is 8.78 Å². The maximum atomic E-state index is 13.7. The second-order valence-electron chi connectivity index (χ2n) is 5.15. The van der Waals surface area contributed by atoms with Gasteiger partial charge in [0.25, 0.3) is 0 Å². The van der Waals surface area contributed by atoms with Crippen molar-refractivity contribution < 1.29 is 8.78 Å². The molecule has 104 valence electrons. The summed E-state index contributed by atoms with van der Waals surface area (Å²) in [6.45, 7) is 0. The number of pyridine rings is 1. The number of hydrogen-bond acceptors (Lipinski definition) is 2. The minimum atomic E-state index is -0.566. The van der Waals surface area contributed by atoms with E-state index in [1.54, 1.807) is 12.1 Å². The highest BCUT2D eigenvalue weighted by molar-refractivity contribution is 5.65. The Balaban J connectivity index is 1.82. The zero-order valence-corrected chi connectivity index (χ0v) is 11.1. The van der Waals surface area contributed by atoms with Crippen LogP contribution in [-0.4, -0.2) is 11.0 Å². The van der Waals surface area contributed by atoms with Gasteiger partial charge >= 0.3 is 0 Å².